The van der Waals surface area contributed by atoms with Crippen molar-refractivity contribution in [1.29, 1.82) is 0 Å². The van der Waals surface area contributed by atoms with Crippen molar-refractivity contribution >= 4 is 40.8 Å². The number of anilines is 1. The third kappa shape index (κ3) is 6.53. The molecule has 0 atom stereocenters. The van der Waals surface area contributed by atoms with Gasteiger partial charge in [-0.2, -0.15) is 0 Å². The molecule has 0 aliphatic rings. The molecule has 0 bridgehead atoms. The number of ether oxygens (including phenoxy) is 1. The van der Waals surface area contributed by atoms with E-state index in [1.54, 1.807) is 51.5 Å². The SMILES string of the molecule is CNSNc1cccc(Cc2c(CNCC(=O)NC)c3ccc(OC(=O)N(C)C)cc3oc2=O)c1F. The molecule has 0 saturated carbocycles. The lowest BCUT2D eigenvalue weighted by Gasteiger charge is -2.15. The number of amides is 2. The molecule has 10 nitrogen and oxygen atoms in total. The zero-order valence-corrected chi connectivity index (χ0v) is 21.2. The summed E-state index contributed by atoms with van der Waals surface area (Å²) < 4.78 is 31.6. The topological polar surface area (TPSA) is 125 Å². The standard InChI is InChI=1S/C24H28FN5O5S/c1-26-21(31)13-28-12-18-16-9-8-15(34-24(33)30(3)4)11-20(16)35-23(32)17(18)10-14-6-5-7-19(22(14)25)29-36-27-2/h5-9,11,27-29H,10,12-13H2,1-4H3,(H,26,31). The van der Waals surface area contributed by atoms with Crippen molar-refractivity contribution in [3.8, 4) is 5.75 Å². The number of fused-ring (bicyclic) bond motifs is 1. The maximum absolute atomic E-state index is 15.1. The number of nitrogens with one attached hydrogen (secondary N) is 4. The monoisotopic (exact) mass is 517 g/mol. The van der Waals surface area contributed by atoms with Gasteiger partial charge in [-0.3, -0.25) is 4.79 Å². The van der Waals surface area contributed by atoms with Crippen LogP contribution in [-0.2, 0) is 17.8 Å². The minimum absolute atomic E-state index is 0.0190. The number of carbonyl (C=O) groups excluding carboxylic acids is 2. The summed E-state index contributed by atoms with van der Waals surface area (Å²) in [7, 11) is 6.32. The Kier molecular flexibility index (Phi) is 9.28. The third-order valence-electron chi connectivity index (χ3n) is 5.24. The van der Waals surface area contributed by atoms with Crippen LogP contribution in [0.15, 0.2) is 45.6 Å². The van der Waals surface area contributed by atoms with Crippen molar-refractivity contribution in [2.24, 2.45) is 0 Å². The van der Waals surface area contributed by atoms with Crippen molar-refractivity contribution in [2.45, 2.75) is 13.0 Å². The molecule has 12 heteroatoms. The Hall–Kier alpha value is -3.61. The zero-order chi connectivity index (χ0) is 26.2. The van der Waals surface area contributed by atoms with Crippen LogP contribution in [0, 0.1) is 5.82 Å². The molecule has 0 saturated heterocycles. The second-order valence-corrected chi connectivity index (χ2v) is 8.72. The first-order chi connectivity index (χ1) is 17.2. The molecule has 1 aromatic heterocycles. The van der Waals surface area contributed by atoms with Crippen LogP contribution in [0.4, 0.5) is 14.9 Å². The maximum Gasteiger partial charge on any atom is 0.414 e. The number of carbonyl (C=O) groups is 2. The van der Waals surface area contributed by atoms with Crippen molar-refractivity contribution in [3.63, 3.8) is 0 Å². The quantitative estimate of drug-likeness (QED) is 0.237. The molecule has 1 heterocycles. The van der Waals surface area contributed by atoms with Gasteiger partial charge in [-0.15, -0.1) is 0 Å². The second kappa shape index (κ2) is 12.4. The first kappa shape index (κ1) is 27.0. The van der Waals surface area contributed by atoms with Crippen molar-refractivity contribution in [1.82, 2.24) is 20.3 Å². The van der Waals surface area contributed by atoms with Gasteiger partial charge in [0, 0.05) is 63.3 Å². The summed E-state index contributed by atoms with van der Waals surface area (Å²) in [5, 5.41) is 6.10. The Balaban J connectivity index is 2.05. The lowest BCUT2D eigenvalue weighted by molar-refractivity contribution is -0.119. The molecule has 2 aromatic carbocycles. The number of benzene rings is 2. The van der Waals surface area contributed by atoms with Gasteiger partial charge in [-0.05, 0) is 36.4 Å². The minimum Gasteiger partial charge on any atom is -0.422 e. The first-order valence-electron chi connectivity index (χ1n) is 11.0. The number of halogens is 1. The van der Waals surface area contributed by atoms with E-state index in [9.17, 15) is 14.4 Å². The molecule has 4 N–H and O–H groups in total. The van der Waals surface area contributed by atoms with Crippen LogP contribution in [0.25, 0.3) is 11.0 Å². The highest BCUT2D eigenvalue weighted by Crippen LogP contribution is 2.28. The molecule has 0 spiro atoms. The van der Waals surface area contributed by atoms with E-state index in [0.29, 0.717) is 16.5 Å². The summed E-state index contributed by atoms with van der Waals surface area (Å²) in [6, 6.07) is 9.57. The van der Waals surface area contributed by atoms with Gasteiger partial charge in [-0.25, -0.2) is 18.7 Å². The smallest absolute Gasteiger partial charge is 0.414 e. The van der Waals surface area contributed by atoms with E-state index < -0.39 is 17.5 Å². The van der Waals surface area contributed by atoms with Crippen LogP contribution in [-0.4, -0.2) is 51.6 Å². The second-order valence-electron chi connectivity index (χ2n) is 7.91. The maximum atomic E-state index is 15.1. The largest absolute Gasteiger partial charge is 0.422 e. The van der Waals surface area contributed by atoms with Gasteiger partial charge in [0.25, 0.3) is 0 Å². The molecule has 0 aliphatic heterocycles. The van der Waals surface area contributed by atoms with Crippen LogP contribution < -0.4 is 30.4 Å². The van der Waals surface area contributed by atoms with Crippen LogP contribution in [0.5, 0.6) is 5.75 Å². The average Bonchev–Trinajstić information content (AvgIpc) is 2.85. The fourth-order valence-electron chi connectivity index (χ4n) is 3.40. The molecular formula is C24H28FN5O5S. The lowest BCUT2D eigenvalue weighted by Crippen LogP contribution is -2.31. The Morgan fingerprint density at radius 3 is 2.61 bits per heavy atom. The van der Waals surface area contributed by atoms with E-state index in [1.807, 2.05) is 0 Å². The summed E-state index contributed by atoms with van der Waals surface area (Å²) in [6.07, 6.45) is -0.612. The van der Waals surface area contributed by atoms with Gasteiger partial charge in [-0.1, -0.05) is 12.1 Å². The predicted octanol–water partition coefficient (Wildman–Crippen LogP) is 2.61. The molecule has 0 unspecified atom stereocenters. The number of hydrogen-bond donors (Lipinski definition) is 4. The fourth-order valence-corrected chi connectivity index (χ4v) is 3.77. The normalized spacial score (nSPS) is 10.8. The Morgan fingerprint density at radius 1 is 1.14 bits per heavy atom. The average molecular weight is 518 g/mol. The number of rotatable bonds is 10. The molecular weight excluding hydrogens is 489 g/mol. The van der Waals surface area contributed by atoms with E-state index in [-0.39, 0.29) is 48.0 Å². The van der Waals surface area contributed by atoms with Gasteiger partial charge in [0.05, 0.1) is 12.2 Å². The van der Waals surface area contributed by atoms with Crippen LogP contribution >= 0.6 is 12.1 Å². The van der Waals surface area contributed by atoms with E-state index in [2.05, 4.69) is 20.1 Å². The molecule has 2 amide bonds. The van der Waals surface area contributed by atoms with Gasteiger partial charge in [0.1, 0.15) is 11.3 Å². The zero-order valence-electron chi connectivity index (χ0n) is 20.4. The van der Waals surface area contributed by atoms with E-state index in [1.165, 1.54) is 18.0 Å². The summed E-state index contributed by atoms with van der Waals surface area (Å²) in [5.41, 5.74) is 0.917. The van der Waals surface area contributed by atoms with Gasteiger partial charge < -0.3 is 29.4 Å². The molecule has 3 aromatic rings. The lowest BCUT2D eigenvalue weighted by atomic mass is 9.97. The highest BCUT2D eigenvalue weighted by Gasteiger charge is 2.19. The fraction of sp³-hybridized carbons (Fsp3) is 0.292. The van der Waals surface area contributed by atoms with Crippen molar-refractivity contribution in [2.75, 3.05) is 39.5 Å². The van der Waals surface area contributed by atoms with Crippen LogP contribution in [0.3, 0.4) is 0 Å². The van der Waals surface area contributed by atoms with Crippen LogP contribution in [0.2, 0.25) is 0 Å². The molecule has 0 radical (unpaired) electrons. The number of hydrogen-bond acceptors (Lipinski definition) is 9. The van der Waals surface area contributed by atoms with E-state index in [4.69, 9.17) is 9.15 Å². The van der Waals surface area contributed by atoms with Crippen molar-refractivity contribution < 1.29 is 23.1 Å². The minimum atomic E-state index is -0.655. The molecule has 0 fully saturated rings. The predicted molar refractivity (Wildman–Crippen MR) is 137 cm³/mol. The van der Waals surface area contributed by atoms with E-state index >= 15 is 4.39 Å². The first-order valence-corrected chi connectivity index (χ1v) is 11.8. The summed E-state index contributed by atoms with van der Waals surface area (Å²) >= 11 is 1.11. The highest BCUT2D eigenvalue weighted by atomic mass is 32.2. The molecule has 192 valence electrons. The Bertz CT molecular complexity index is 1310. The van der Waals surface area contributed by atoms with E-state index in [0.717, 1.165) is 12.1 Å². The number of likely N-dealkylation sites (N-methyl/N-ethyl adjacent to an activating group) is 1. The Morgan fingerprint density at radius 2 is 1.92 bits per heavy atom. The number of nitrogens with zero attached hydrogens (tertiary/aromatic N) is 1. The molecule has 3 rings (SSSR count). The summed E-state index contributed by atoms with van der Waals surface area (Å²) in [4.78, 5) is 38.0. The Labute approximate surface area is 211 Å². The van der Waals surface area contributed by atoms with Gasteiger partial charge in [0.15, 0.2) is 5.82 Å². The van der Waals surface area contributed by atoms with Gasteiger partial charge in [0.2, 0.25) is 5.91 Å². The highest BCUT2D eigenvalue weighted by molar-refractivity contribution is 7.98. The summed E-state index contributed by atoms with van der Waals surface area (Å²) in [5.74, 6) is -0.517. The molecule has 0 aliphatic carbocycles. The molecule has 36 heavy (non-hydrogen) atoms. The van der Waals surface area contributed by atoms with Gasteiger partial charge >= 0.3 is 11.7 Å². The van der Waals surface area contributed by atoms with Crippen LogP contribution in [0.1, 0.15) is 16.7 Å². The third-order valence-corrected chi connectivity index (χ3v) is 5.76. The summed E-state index contributed by atoms with van der Waals surface area (Å²) in [6.45, 7) is 0.169. The van der Waals surface area contributed by atoms with Crippen molar-refractivity contribution in [3.05, 3.63) is 69.3 Å².